The van der Waals surface area contributed by atoms with Crippen molar-refractivity contribution in [1.29, 1.82) is 0 Å². The summed E-state index contributed by atoms with van der Waals surface area (Å²) in [4.78, 5) is 15.1. The van der Waals surface area contributed by atoms with E-state index in [-0.39, 0.29) is 28.0 Å². The lowest BCUT2D eigenvalue weighted by molar-refractivity contribution is -0.139. The summed E-state index contributed by atoms with van der Waals surface area (Å²) >= 11 is 3.00. The number of esters is 1. The maximum Gasteiger partial charge on any atom is 0.311 e. The molecule has 0 bridgehead atoms. The van der Waals surface area contributed by atoms with Gasteiger partial charge in [0.1, 0.15) is 10.4 Å². The molecular formula is C10H10BrF2NO3. The number of carbonyl (C=O) groups is 1. The average molecular weight is 310 g/mol. The van der Waals surface area contributed by atoms with Gasteiger partial charge in [0, 0.05) is 0 Å². The molecule has 17 heavy (non-hydrogen) atoms. The van der Waals surface area contributed by atoms with Crippen molar-refractivity contribution in [3.8, 4) is 5.75 Å². The van der Waals surface area contributed by atoms with Gasteiger partial charge in [-0.15, -0.1) is 0 Å². The summed E-state index contributed by atoms with van der Waals surface area (Å²) in [6.07, 6.45) is -2.93. The molecule has 1 aromatic rings. The summed E-state index contributed by atoms with van der Waals surface area (Å²) in [5, 5.41) is 0. The number of ether oxygens (including phenoxy) is 2. The van der Waals surface area contributed by atoms with Gasteiger partial charge in [-0.25, -0.2) is 13.8 Å². The summed E-state index contributed by atoms with van der Waals surface area (Å²) in [5.74, 6) is -0.664. The van der Waals surface area contributed by atoms with Crippen molar-refractivity contribution in [2.75, 3.05) is 14.2 Å². The molecule has 7 heteroatoms. The number of alkyl halides is 2. The van der Waals surface area contributed by atoms with Crippen LogP contribution in [0.25, 0.3) is 0 Å². The maximum absolute atomic E-state index is 12.7. The Morgan fingerprint density at radius 2 is 2.18 bits per heavy atom. The highest BCUT2D eigenvalue weighted by molar-refractivity contribution is 9.10. The smallest absolute Gasteiger partial charge is 0.311 e. The van der Waals surface area contributed by atoms with E-state index < -0.39 is 12.4 Å². The summed E-state index contributed by atoms with van der Waals surface area (Å²) < 4.78 is 35.0. The van der Waals surface area contributed by atoms with Crippen LogP contribution in [0.2, 0.25) is 0 Å². The van der Waals surface area contributed by atoms with Crippen molar-refractivity contribution < 1.29 is 23.0 Å². The maximum atomic E-state index is 12.7. The van der Waals surface area contributed by atoms with Gasteiger partial charge in [-0.3, -0.25) is 4.79 Å². The van der Waals surface area contributed by atoms with Crippen LogP contribution in [0.15, 0.2) is 10.7 Å². The summed E-state index contributed by atoms with van der Waals surface area (Å²) in [5.41, 5.74) is -0.197. The van der Waals surface area contributed by atoms with Crippen molar-refractivity contribution in [3.63, 3.8) is 0 Å². The van der Waals surface area contributed by atoms with Crippen molar-refractivity contribution in [2.24, 2.45) is 0 Å². The zero-order valence-corrected chi connectivity index (χ0v) is 10.8. The number of nitrogens with zero attached hydrogens (tertiary/aromatic N) is 1. The molecule has 0 atom stereocenters. The van der Waals surface area contributed by atoms with Crippen molar-refractivity contribution >= 4 is 21.9 Å². The number of halogens is 3. The number of rotatable bonds is 4. The molecule has 0 aliphatic heterocycles. The molecule has 94 valence electrons. The fraction of sp³-hybridized carbons (Fsp3) is 0.400. The Kier molecular flexibility index (Phi) is 4.80. The molecular weight excluding hydrogens is 300 g/mol. The molecule has 0 saturated heterocycles. The third-order valence-electron chi connectivity index (χ3n) is 2.02. The number of aromatic nitrogens is 1. The number of hydrogen-bond acceptors (Lipinski definition) is 4. The van der Waals surface area contributed by atoms with Gasteiger partial charge in [-0.05, 0) is 22.0 Å². The largest absolute Gasteiger partial charge is 0.494 e. The van der Waals surface area contributed by atoms with Crippen molar-refractivity contribution in [1.82, 2.24) is 4.98 Å². The van der Waals surface area contributed by atoms with E-state index in [2.05, 4.69) is 25.7 Å². The minimum Gasteiger partial charge on any atom is -0.494 e. The third-order valence-corrected chi connectivity index (χ3v) is 2.43. The van der Waals surface area contributed by atoms with Gasteiger partial charge < -0.3 is 9.47 Å². The molecule has 4 nitrogen and oxygen atoms in total. The minimum atomic E-state index is -2.71. The normalized spacial score (nSPS) is 10.5. The van der Waals surface area contributed by atoms with Crippen molar-refractivity contribution in [2.45, 2.75) is 12.8 Å². The summed E-state index contributed by atoms with van der Waals surface area (Å²) in [7, 11) is 2.46. The van der Waals surface area contributed by atoms with E-state index in [1.165, 1.54) is 14.2 Å². The van der Waals surface area contributed by atoms with Gasteiger partial charge in [0.15, 0.2) is 0 Å². The van der Waals surface area contributed by atoms with E-state index in [0.29, 0.717) is 0 Å². The Morgan fingerprint density at radius 3 is 2.65 bits per heavy atom. The lowest BCUT2D eigenvalue weighted by Gasteiger charge is -2.12. The molecule has 0 fully saturated rings. The number of hydrogen-bond donors (Lipinski definition) is 0. The van der Waals surface area contributed by atoms with E-state index in [1.54, 1.807) is 0 Å². The molecule has 1 heterocycles. The first-order chi connectivity index (χ1) is 7.99. The molecule has 0 aliphatic rings. The highest BCUT2D eigenvalue weighted by Crippen LogP contribution is 2.33. The third kappa shape index (κ3) is 3.36. The zero-order valence-electron chi connectivity index (χ0n) is 9.17. The molecule has 0 aliphatic carbocycles. The second-order valence-corrected chi connectivity index (χ2v) is 3.88. The fourth-order valence-corrected chi connectivity index (χ4v) is 1.76. The van der Waals surface area contributed by atoms with E-state index in [9.17, 15) is 13.6 Å². The zero-order chi connectivity index (χ0) is 13.0. The molecule has 0 spiro atoms. The van der Waals surface area contributed by atoms with Crippen LogP contribution < -0.4 is 4.74 Å². The standard InChI is InChI=1S/C10H10BrF2NO3/c1-16-8(15)4-6-9(17-2)5(10(12)13)3-7(11)14-6/h3,10H,4H2,1-2H3. The average Bonchev–Trinajstić information content (AvgIpc) is 2.28. The molecule has 0 amide bonds. The number of carbonyl (C=O) groups excluding carboxylic acids is 1. The topological polar surface area (TPSA) is 48.4 Å². The van der Waals surface area contributed by atoms with Crippen LogP contribution in [-0.2, 0) is 16.0 Å². The summed E-state index contributed by atoms with van der Waals surface area (Å²) in [6, 6.07) is 1.16. The quantitative estimate of drug-likeness (QED) is 0.633. The Bertz CT molecular complexity index is 426. The molecule has 1 aromatic heterocycles. The number of methoxy groups -OCH3 is 2. The van der Waals surface area contributed by atoms with Crippen LogP contribution in [0.1, 0.15) is 17.7 Å². The Hall–Kier alpha value is -1.24. The van der Waals surface area contributed by atoms with Gasteiger partial charge in [-0.1, -0.05) is 0 Å². The molecule has 0 N–H and O–H groups in total. The van der Waals surface area contributed by atoms with E-state index in [1.807, 2.05) is 0 Å². The van der Waals surface area contributed by atoms with Gasteiger partial charge in [0.2, 0.25) is 0 Å². The molecule has 1 rings (SSSR count). The SMILES string of the molecule is COC(=O)Cc1nc(Br)cc(C(F)F)c1OC. The van der Waals surface area contributed by atoms with Crippen LogP contribution >= 0.6 is 15.9 Å². The van der Waals surface area contributed by atoms with Crippen molar-refractivity contribution in [3.05, 3.63) is 21.9 Å². The lowest BCUT2D eigenvalue weighted by atomic mass is 10.1. The number of pyridine rings is 1. The van der Waals surface area contributed by atoms with Crippen LogP contribution in [0.5, 0.6) is 5.75 Å². The summed E-state index contributed by atoms with van der Waals surface area (Å²) in [6.45, 7) is 0. The van der Waals surface area contributed by atoms with Crippen LogP contribution in [0.4, 0.5) is 8.78 Å². The predicted octanol–water partition coefficient (Wildman–Crippen LogP) is 2.51. The van der Waals surface area contributed by atoms with E-state index in [0.717, 1.165) is 6.07 Å². The Balaban J connectivity index is 3.23. The first-order valence-corrected chi connectivity index (χ1v) is 5.37. The van der Waals surface area contributed by atoms with Crippen LogP contribution in [0.3, 0.4) is 0 Å². The van der Waals surface area contributed by atoms with E-state index >= 15 is 0 Å². The molecule has 0 unspecified atom stereocenters. The minimum absolute atomic E-state index is 0.0893. The van der Waals surface area contributed by atoms with Gasteiger partial charge in [-0.2, -0.15) is 0 Å². The van der Waals surface area contributed by atoms with Gasteiger partial charge in [0.25, 0.3) is 6.43 Å². The first-order valence-electron chi connectivity index (χ1n) is 4.57. The molecule has 0 saturated carbocycles. The van der Waals surface area contributed by atoms with Crippen LogP contribution in [-0.4, -0.2) is 25.2 Å². The predicted molar refractivity (Wildman–Crippen MR) is 59.2 cm³/mol. The molecule has 0 radical (unpaired) electrons. The highest BCUT2D eigenvalue weighted by Gasteiger charge is 2.21. The van der Waals surface area contributed by atoms with E-state index in [4.69, 9.17) is 4.74 Å². The second kappa shape index (κ2) is 5.90. The Labute approximate surface area is 105 Å². The Morgan fingerprint density at radius 1 is 1.53 bits per heavy atom. The monoisotopic (exact) mass is 309 g/mol. The fourth-order valence-electron chi connectivity index (χ4n) is 1.30. The second-order valence-electron chi connectivity index (χ2n) is 3.07. The highest BCUT2D eigenvalue weighted by atomic mass is 79.9. The van der Waals surface area contributed by atoms with Gasteiger partial charge in [0.05, 0.1) is 31.9 Å². The first kappa shape index (κ1) is 13.8. The van der Waals surface area contributed by atoms with Gasteiger partial charge >= 0.3 is 5.97 Å². The lowest BCUT2D eigenvalue weighted by Crippen LogP contribution is -2.09. The van der Waals surface area contributed by atoms with Crippen LogP contribution in [0, 0.1) is 0 Å². The molecule has 0 aromatic carbocycles.